The Morgan fingerprint density at radius 1 is 1.32 bits per heavy atom. The molecule has 9 nitrogen and oxygen atoms in total. The summed E-state index contributed by atoms with van der Waals surface area (Å²) >= 11 is 1.18. The van der Waals surface area contributed by atoms with Crippen LogP contribution in [0.15, 0.2) is 28.3 Å². The highest BCUT2D eigenvalue weighted by Crippen LogP contribution is 2.30. The van der Waals surface area contributed by atoms with Gasteiger partial charge in [-0.2, -0.15) is 4.31 Å². The van der Waals surface area contributed by atoms with Crippen LogP contribution in [0.25, 0.3) is 0 Å². The Kier molecular flexibility index (Phi) is 6.57. The molecule has 1 saturated heterocycles. The number of aromatic nitrogens is 3. The molecule has 1 amide bonds. The highest BCUT2D eigenvalue weighted by Gasteiger charge is 2.27. The molecule has 2 aromatic rings. The summed E-state index contributed by atoms with van der Waals surface area (Å²) in [7, 11) is -2.13. The Morgan fingerprint density at radius 3 is 2.71 bits per heavy atom. The first-order valence-corrected chi connectivity index (χ1v) is 11.3. The number of ether oxygens (including phenoxy) is 1. The molecular formula is C17H23N5O4S2. The second-order valence-electron chi connectivity index (χ2n) is 6.37. The number of anilines is 1. The van der Waals surface area contributed by atoms with E-state index in [1.807, 2.05) is 0 Å². The summed E-state index contributed by atoms with van der Waals surface area (Å²) < 4.78 is 32.5. The monoisotopic (exact) mass is 425 g/mol. The minimum Gasteiger partial charge on any atom is -0.495 e. The van der Waals surface area contributed by atoms with Crippen molar-refractivity contribution in [1.82, 2.24) is 19.5 Å². The van der Waals surface area contributed by atoms with Gasteiger partial charge in [0.05, 0.1) is 23.4 Å². The molecule has 1 aromatic heterocycles. The fourth-order valence-corrected chi connectivity index (χ4v) is 5.09. The van der Waals surface area contributed by atoms with E-state index in [1.54, 1.807) is 13.0 Å². The van der Waals surface area contributed by atoms with Crippen LogP contribution in [0, 0.1) is 6.92 Å². The van der Waals surface area contributed by atoms with Crippen molar-refractivity contribution in [3.05, 3.63) is 24.0 Å². The Hall–Kier alpha value is -2.11. The van der Waals surface area contributed by atoms with Crippen LogP contribution < -0.4 is 10.1 Å². The van der Waals surface area contributed by atoms with E-state index in [0.717, 1.165) is 19.3 Å². The van der Waals surface area contributed by atoms with Gasteiger partial charge in [-0.15, -0.1) is 5.10 Å². The maximum atomic E-state index is 12.9. The summed E-state index contributed by atoms with van der Waals surface area (Å²) in [5, 5.41) is 9.87. The number of hydrogen-bond donors (Lipinski definition) is 2. The molecule has 0 radical (unpaired) electrons. The number of sulfonamides is 1. The van der Waals surface area contributed by atoms with Gasteiger partial charge in [0.25, 0.3) is 0 Å². The number of nitrogens with one attached hydrogen (secondary N) is 2. The van der Waals surface area contributed by atoms with E-state index >= 15 is 0 Å². The molecular weight excluding hydrogens is 402 g/mol. The lowest BCUT2D eigenvalue weighted by Gasteiger charge is -2.26. The molecule has 28 heavy (non-hydrogen) atoms. The largest absolute Gasteiger partial charge is 0.495 e. The summed E-state index contributed by atoms with van der Waals surface area (Å²) in [6.07, 6.45) is 2.76. The number of piperidine rings is 1. The number of nitrogens with zero attached hydrogens (tertiary/aromatic N) is 3. The second kappa shape index (κ2) is 8.93. The number of benzene rings is 1. The lowest BCUT2D eigenvalue weighted by molar-refractivity contribution is -0.113. The molecule has 0 bridgehead atoms. The lowest BCUT2D eigenvalue weighted by Crippen LogP contribution is -2.35. The molecule has 0 unspecified atom stereocenters. The van der Waals surface area contributed by atoms with Crippen molar-refractivity contribution in [2.45, 2.75) is 36.2 Å². The highest BCUT2D eigenvalue weighted by molar-refractivity contribution is 7.99. The van der Waals surface area contributed by atoms with Gasteiger partial charge in [0, 0.05) is 13.1 Å². The van der Waals surface area contributed by atoms with Crippen LogP contribution in [-0.4, -0.2) is 59.8 Å². The summed E-state index contributed by atoms with van der Waals surface area (Å²) in [5.41, 5.74) is 0.317. The molecule has 2 heterocycles. The van der Waals surface area contributed by atoms with Crippen LogP contribution in [0.3, 0.4) is 0 Å². The third kappa shape index (κ3) is 4.83. The molecule has 152 valence electrons. The minimum absolute atomic E-state index is 0.0869. The van der Waals surface area contributed by atoms with Gasteiger partial charge in [-0.1, -0.05) is 18.2 Å². The van der Waals surface area contributed by atoms with Gasteiger partial charge in [-0.3, -0.25) is 9.89 Å². The Bertz CT molecular complexity index is 939. The molecule has 0 saturated carbocycles. The molecule has 1 aromatic carbocycles. The first-order valence-electron chi connectivity index (χ1n) is 8.90. The van der Waals surface area contributed by atoms with Crippen molar-refractivity contribution in [1.29, 1.82) is 0 Å². The van der Waals surface area contributed by atoms with Gasteiger partial charge in [0.15, 0.2) is 0 Å². The van der Waals surface area contributed by atoms with Crippen LogP contribution in [0.5, 0.6) is 5.75 Å². The van der Waals surface area contributed by atoms with Gasteiger partial charge in [-0.25, -0.2) is 13.4 Å². The zero-order valence-electron chi connectivity index (χ0n) is 15.8. The quantitative estimate of drug-likeness (QED) is 0.652. The molecule has 0 spiro atoms. The van der Waals surface area contributed by atoms with Crippen molar-refractivity contribution in [3.63, 3.8) is 0 Å². The third-order valence-corrected chi connectivity index (χ3v) is 7.05. The summed E-state index contributed by atoms with van der Waals surface area (Å²) in [6, 6.07) is 4.50. The zero-order chi connectivity index (χ0) is 20.1. The van der Waals surface area contributed by atoms with Crippen LogP contribution in [-0.2, 0) is 14.8 Å². The Morgan fingerprint density at radius 2 is 2.07 bits per heavy atom. The topological polar surface area (TPSA) is 117 Å². The first kappa shape index (κ1) is 20.6. The smallest absolute Gasteiger partial charge is 0.243 e. The molecule has 1 aliphatic heterocycles. The summed E-state index contributed by atoms with van der Waals surface area (Å²) in [5.74, 6) is 0.840. The van der Waals surface area contributed by atoms with Crippen LogP contribution in [0.2, 0.25) is 0 Å². The number of amides is 1. The van der Waals surface area contributed by atoms with Crippen molar-refractivity contribution in [3.8, 4) is 5.75 Å². The summed E-state index contributed by atoms with van der Waals surface area (Å²) in [6.45, 7) is 2.81. The Labute approximate surface area is 168 Å². The maximum absolute atomic E-state index is 12.9. The molecule has 1 aliphatic rings. The van der Waals surface area contributed by atoms with E-state index in [4.69, 9.17) is 4.74 Å². The van der Waals surface area contributed by atoms with Crippen molar-refractivity contribution in [2.24, 2.45) is 0 Å². The second-order valence-corrected chi connectivity index (χ2v) is 9.25. The van der Waals surface area contributed by atoms with E-state index in [1.165, 1.54) is 35.3 Å². The number of aromatic amines is 1. The number of H-pyrrole nitrogens is 1. The molecule has 0 aliphatic carbocycles. The van der Waals surface area contributed by atoms with Crippen molar-refractivity contribution < 1.29 is 17.9 Å². The molecule has 11 heteroatoms. The van der Waals surface area contributed by atoms with Crippen molar-refractivity contribution in [2.75, 3.05) is 31.3 Å². The van der Waals surface area contributed by atoms with Gasteiger partial charge in [0.1, 0.15) is 11.6 Å². The van der Waals surface area contributed by atoms with Gasteiger partial charge >= 0.3 is 0 Å². The van der Waals surface area contributed by atoms with Crippen molar-refractivity contribution >= 4 is 33.4 Å². The molecule has 0 atom stereocenters. The molecule has 1 fully saturated rings. The predicted molar refractivity (Wildman–Crippen MR) is 106 cm³/mol. The number of rotatable bonds is 7. The standard InChI is InChI=1S/C17H23N5O4S2/c1-12-18-17(21-20-12)27-11-16(23)19-14-10-13(6-7-15(14)26-2)28(24,25)22-8-4-3-5-9-22/h6-7,10H,3-5,8-9,11H2,1-2H3,(H,19,23)(H,18,20,21). The maximum Gasteiger partial charge on any atom is 0.243 e. The number of hydrogen-bond acceptors (Lipinski definition) is 7. The third-order valence-electron chi connectivity index (χ3n) is 4.31. The Balaban J connectivity index is 1.74. The van der Waals surface area contributed by atoms with E-state index < -0.39 is 10.0 Å². The molecule has 2 N–H and O–H groups in total. The predicted octanol–water partition coefficient (Wildman–Crippen LogP) is 2.03. The average Bonchev–Trinajstić information content (AvgIpc) is 3.12. The fourth-order valence-electron chi connectivity index (χ4n) is 2.90. The van der Waals surface area contributed by atoms with E-state index in [2.05, 4.69) is 20.5 Å². The van der Waals surface area contributed by atoms with Crippen LogP contribution in [0.1, 0.15) is 25.1 Å². The van der Waals surface area contributed by atoms with Gasteiger partial charge in [-0.05, 0) is 38.0 Å². The SMILES string of the molecule is COc1ccc(S(=O)(=O)N2CCCCC2)cc1NC(=O)CSc1n[nH]c(C)n1. The van der Waals surface area contributed by atoms with E-state index in [9.17, 15) is 13.2 Å². The number of methoxy groups -OCH3 is 1. The first-order chi connectivity index (χ1) is 13.4. The number of aryl methyl sites for hydroxylation is 1. The molecule has 3 rings (SSSR count). The van der Waals surface area contributed by atoms with E-state index in [0.29, 0.717) is 35.5 Å². The lowest BCUT2D eigenvalue weighted by atomic mass is 10.2. The highest BCUT2D eigenvalue weighted by atomic mass is 32.2. The minimum atomic E-state index is -3.60. The fraction of sp³-hybridized carbons (Fsp3) is 0.471. The number of carbonyl (C=O) groups is 1. The number of thioether (sulfide) groups is 1. The van der Waals surface area contributed by atoms with Crippen LogP contribution >= 0.6 is 11.8 Å². The van der Waals surface area contributed by atoms with Gasteiger partial charge < -0.3 is 10.1 Å². The average molecular weight is 426 g/mol. The van der Waals surface area contributed by atoms with Gasteiger partial charge in [0.2, 0.25) is 21.1 Å². The number of carbonyl (C=O) groups excluding carboxylic acids is 1. The summed E-state index contributed by atoms with van der Waals surface area (Å²) in [4.78, 5) is 16.6. The van der Waals surface area contributed by atoms with E-state index in [-0.39, 0.29) is 16.6 Å². The zero-order valence-corrected chi connectivity index (χ0v) is 17.4. The normalized spacial score (nSPS) is 15.4. The van der Waals surface area contributed by atoms with Crippen LogP contribution in [0.4, 0.5) is 5.69 Å².